The number of hydrogen-bond donors (Lipinski definition) is 0. The molecule has 0 heterocycles. The molecule has 0 aliphatic carbocycles. The Bertz CT molecular complexity index is 2410. The minimum absolute atomic E-state index is 0.426. The lowest BCUT2D eigenvalue weighted by atomic mass is 10.0. The van der Waals surface area contributed by atoms with Gasteiger partial charge in [0.15, 0.2) is 0 Å². The number of rotatable bonds is 9. The second kappa shape index (κ2) is 16.3. The van der Waals surface area contributed by atoms with Crippen LogP contribution in [0.2, 0.25) is 20.1 Å². The first-order chi connectivity index (χ1) is 27.2. The molecule has 274 valence electrons. The lowest BCUT2D eigenvalue weighted by molar-refractivity contribution is 1.27. The van der Waals surface area contributed by atoms with E-state index in [1.54, 1.807) is 0 Å². The van der Waals surface area contributed by atoms with Crippen LogP contribution in [0.4, 0.5) is 34.1 Å². The maximum Gasteiger partial charge on any atom is 0.0521 e. The van der Waals surface area contributed by atoms with Crippen LogP contribution in [0.15, 0.2) is 182 Å². The molecule has 0 aliphatic rings. The topological polar surface area (TPSA) is 6.48 Å². The number of aryl methyl sites for hydroxylation is 2. The van der Waals surface area contributed by atoms with E-state index < -0.39 is 0 Å². The van der Waals surface area contributed by atoms with Gasteiger partial charge in [0.2, 0.25) is 0 Å². The van der Waals surface area contributed by atoms with Gasteiger partial charge in [-0.25, -0.2) is 0 Å². The summed E-state index contributed by atoms with van der Waals surface area (Å²) in [4.78, 5) is 4.30. The van der Waals surface area contributed by atoms with E-state index in [0.717, 1.165) is 67.5 Å². The van der Waals surface area contributed by atoms with Gasteiger partial charge >= 0.3 is 0 Å². The van der Waals surface area contributed by atoms with Crippen molar-refractivity contribution in [2.75, 3.05) is 9.80 Å². The summed E-state index contributed by atoms with van der Waals surface area (Å²) in [7, 11) is 0. The standard InChI is InChI=1S/C50H36Cl4N2/c1-33-11-9-17-41(27-33)55(39-23-19-37(20-24-39)35-13-5-3-6-14-35)43-29-45(51)49(46(52)30-43)50-47(53)31-44(32-48(50)54)56(42-18-10-12-34(2)28-42)40-25-21-38(22-26-40)36-15-7-4-8-16-36/h3-32H,1-2H3. The molecule has 8 aromatic rings. The highest BCUT2D eigenvalue weighted by atomic mass is 35.5. The summed E-state index contributed by atoms with van der Waals surface area (Å²) >= 11 is 28.8. The van der Waals surface area contributed by atoms with Crippen LogP contribution in [0, 0.1) is 13.8 Å². The second-order valence-corrected chi connectivity index (χ2v) is 15.4. The molecule has 6 heteroatoms. The van der Waals surface area contributed by atoms with E-state index >= 15 is 0 Å². The lowest BCUT2D eigenvalue weighted by Crippen LogP contribution is -2.11. The zero-order chi connectivity index (χ0) is 38.8. The van der Waals surface area contributed by atoms with E-state index in [4.69, 9.17) is 46.4 Å². The smallest absolute Gasteiger partial charge is 0.0521 e. The van der Waals surface area contributed by atoms with Gasteiger partial charge in [0.05, 0.1) is 20.1 Å². The largest absolute Gasteiger partial charge is 0.310 e. The van der Waals surface area contributed by atoms with Crippen molar-refractivity contribution < 1.29 is 0 Å². The van der Waals surface area contributed by atoms with E-state index in [1.807, 2.05) is 72.8 Å². The van der Waals surface area contributed by atoms with Crippen molar-refractivity contribution in [3.63, 3.8) is 0 Å². The van der Waals surface area contributed by atoms with Gasteiger partial charge in [0.25, 0.3) is 0 Å². The lowest BCUT2D eigenvalue weighted by Gasteiger charge is -2.28. The summed E-state index contributed by atoms with van der Waals surface area (Å²) in [5, 5.41) is 1.70. The van der Waals surface area contributed by atoms with Crippen LogP contribution in [0.1, 0.15) is 11.1 Å². The Hall–Kier alpha value is -5.48. The maximum atomic E-state index is 7.21. The average Bonchev–Trinajstić information content (AvgIpc) is 3.20. The van der Waals surface area contributed by atoms with Crippen molar-refractivity contribution in [1.29, 1.82) is 0 Å². The van der Waals surface area contributed by atoms with E-state index in [0.29, 0.717) is 31.2 Å². The SMILES string of the molecule is Cc1cccc(N(c2ccc(-c3ccccc3)cc2)c2cc(Cl)c(-c3c(Cl)cc(N(c4ccc(-c5ccccc5)cc4)c4cccc(C)c4)cc3Cl)c(Cl)c2)c1. The summed E-state index contributed by atoms with van der Waals surface area (Å²) in [6.45, 7) is 4.16. The highest BCUT2D eigenvalue weighted by molar-refractivity contribution is 6.44. The molecule has 0 aromatic heterocycles. The molecule has 0 saturated heterocycles. The number of nitrogens with zero attached hydrogens (tertiary/aromatic N) is 2. The average molecular weight is 807 g/mol. The van der Waals surface area contributed by atoms with Gasteiger partial charge < -0.3 is 9.80 Å². The summed E-state index contributed by atoms with van der Waals surface area (Å²) in [5.41, 5.74) is 13.4. The third-order valence-electron chi connectivity index (χ3n) is 9.81. The van der Waals surface area contributed by atoms with Gasteiger partial charge in [-0.1, -0.05) is 156 Å². The Morgan fingerprint density at radius 3 is 0.929 bits per heavy atom. The Balaban J connectivity index is 1.19. The molecule has 2 nitrogen and oxygen atoms in total. The first-order valence-corrected chi connectivity index (χ1v) is 19.8. The zero-order valence-electron chi connectivity index (χ0n) is 30.7. The molecule has 0 spiro atoms. The van der Waals surface area contributed by atoms with Gasteiger partial charge in [-0.3, -0.25) is 0 Å². The fourth-order valence-electron chi connectivity index (χ4n) is 7.15. The van der Waals surface area contributed by atoms with Crippen LogP contribution in [-0.2, 0) is 0 Å². The Labute approximate surface area is 348 Å². The predicted molar refractivity (Wildman–Crippen MR) is 242 cm³/mol. The third-order valence-corrected chi connectivity index (χ3v) is 11.0. The molecule has 8 aromatic carbocycles. The van der Waals surface area contributed by atoms with Crippen LogP contribution in [0.3, 0.4) is 0 Å². The Morgan fingerprint density at radius 2 is 0.607 bits per heavy atom. The molecule has 0 unspecified atom stereocenters. The molecule has 0 atom stereocenters. The number of benzene rings is 8. The highest BCUT2D eigenvalue weighted by Crippen LogP contribution is 2.49. The molecule has 0 bridgehead atoms. The van der Waals surface area contributed by atoms with Gasteiger partial charge in [0.1, 0.15) is 0 Å². The zero-order valence-corrected chi connectivity index (χ0v) is 33.8. The van der Waals surface area contributed by atoms with Gasteiger partial charge in [0, 0.05) is 45.3 Å². The summed E-state index contributed by atoms with van der Waals surface area (Å²) < 4.78 is 0. The van der Waals surface area contributed by atoms with Crippen LogP contribution >= 0.6 is 46.4 Å². The Morgan fingerprint density at radius 1 is 0.286 bits per heavy atom. The van der Waals surface area contributed by atoms with Crippen molar-refractivity contribution in [2.24, 2.45) is 0 Å². The normalized spacial score (nSPS) is 11.0. The maximum absolute atomic E-state index is 7.21. The monoisotopic (exact) mass is 804 g/mol. The second-order valence-electron chi connectivity index (χ2n) is 13.7. The molecule has 0 N–H and O–H groups in total. The first kappa shape index (κ1) is 37.4. The fourth-order valence-corrected chi connectivity index (χ4v) is 8.48. The van der Waals surface area contributed by atoms with Crippen LogP contribution in [0.5, 0.6) is 0 Å². The van der Waals surface area contributed by atoms with Crippen molar-refractivity contribution in [2.45, 2.75) is 13.8 Å². The van der Waals surface area contributed by atoms with Crippen molar-refractivity contribution in [1.82, 2.24) is 0 Å². The molecule has 0 fully saturated rings. The molecule has 0 saturated carbocycles. The number of halogens is 4. The third kappa shape index (κ3) is 7.80. The highest BCUT2D eigenvalue weighted by Gasteiger charge is 2.23. The minimum Gasteiger partial charge on any atom is -0.310 e. The van der Waals surface area contributed by atoms with Crippen molar-refractivity contribution >= 4 is 80.5 Å². The van der Waals surface area contributed by atoms with E-state index in [-0.39, 0.29) is 0 Å². The van der Waals surface area contributed by atoms with E-state index in [2.05, 4.69) is 133 Å². The summed E-state index contributed by atoms with van der Waals surface area (Å²) in [6.07, 6.45) is 0. The molecule has 56 heavy (non-hydrogen) atoms. The molecule has 0 aliphatic heterocycles. The summed E-state index contributed by atoms with van der Waals surface area (Å²) in [5.74, 6) is 0. The van der Waals surface area contributed by atoms with E-state index in [9.17, 15) is 0 Å². The molecule has 0 radical (unpaired) electrons. The molecular formula is C50H36Cl4N2. The van der Waals surface area contributed by atoms with Gasteiger partial charge in [-0.15, -0.1) is 0 Å². The van der Waals surface area contributed by atoms with Gasteiger partial charge in [-0.05, 0) is 120 Å². The van der Waals surface area contributed by atoms with Crippen molar-refractivity contribution in [3.05, 3.63) is 213 Å². The first-order valence-electron chi connectivity index (χ1n) is 18.3. The van der Waals surface area contributed by atoms with E-state index in [1.165, 1.54) is 0 Å². The fraction of sp³-hybridized carbons (Fsp3) is 0.0400. The summed E-state index contributed by atoms with van der Waals surface area (Å²) in [6, 6.07) is 62.0. The molecule has 8 rings (SSSR count). The Kier molecular flexibility index (Phi) is 10.9. The van der Waals surface area contributed by atoms with Crippen LogP contribution in [0.25, 0.3) is 33.4 Å². The minimum atomic E-state index is 0.426. The van der Waals surface area contributed by atoms with Gasteiger partial charge in [-0.2, -0.15) is 0 Å². The van der Waals surface area contributed by atoms with Crippen LogP contribution in [-0.4, -0.2) is 0 Å². The molecular weight excluding hydrogens is 770 g/mol. The number of hydrogen-bond acceptors (Lipinski definition) is 2. The number of anilines is 6. The molecule has 0 amide bonds. The van der Waals surface area contributed by atoms with Crippen molar-refractivity contribution in [3.8, 4) is 33.4 Å². The quantitative estimate of drug-likeness (QED) is 0.143. The van der Waals surface area contributed by atoms with Crippen LogP contribution < -0.4 is 9.80 Å². The predicted octanol–water partition coefficient (Wildman–Crippen LogP) is 16.9.